The number of hydrogen-bond acceptors (Lipinski definition) is 5. The molecular weight excluding hydrogens is 306 g/mol. The number of aryl methyl sites for hydroxylation is 1. The maximum Gasteiger partial charge on any atom is 0.261 e. The molecule has 1 atom stereocenters. The van der Waals surface area contributed by atoms with E-state index in [0.29, 0.717) is 36.3 Å². The lowest BCUT2D eigenvalue weighted by Gasteiger charge is -2.19. The van der Waals surface area contributed by atoms with Crippen LogP contribution in [0.4, 0.5) is 0 Å². The standard InChI is InChI=1S/C18H23N3O3/c1-12(2)10-17(22)21-9-8-14(11-21)23-16-7-5-4-6-15(16)18-19-13(3)20-24-18/h4-7,12,14H,8-11H2,1-3H3. The number of hydrogen-bond donors (Lipinski definition) is 0. The summed E-state index contributed by atoms with van der Waals surface area (Å²) in [5.41, 5.74) is 0.782. The van der Waals surface area contributed by atoms with Gasteiger partial charge in [-0.15, -0.1) is 0 Å². The van der Waals surface area contributed by atoms with E-state index >= 15 is 0 Å². The van der Waals surface area contributed by atoms with Crippen LogP contribution in [0.2, 0.25) is 0 Å². The van der Waals surface area contributed by atoms with Crippen molar-refractivity contribution in [3.05, 3.63) is 30.1 Å². The van der Waals surface area contributed by atoms with Gasteiger partial charge in [-0.2, -0.15) is 4.98 Å². The summed E-state index contributed by atoms with van der Waals surface area (Å²) in [5, 5.41) is 3.83. The van der Waals surface area contributed by atoms with Gasteiger partial charge in [0, 0.05) is 19.4 Å². The number of carbonyl (C=O) groups excluding carboxylic acids is 1. The van der Waals surface area contributed by atoms with E-state index in [0.717, 1.165) is 18.5 Å². The Labute approximate surface area is 141 Å². The Balaban J connectivity index is 1.68. The van der Waals surface area contributed by atoms with Gasteiger partial charge < -0.3 is 14.2 Å². The molecule has 1 amide bonds. The summed E-state index contributed by atoms with van der Waals surface area (Å²) in [6.07, 6.45) is 1.41. The van der Waals surface area contributed by atoms with E-state index in [2.05, 4.69) is 24.0 Å². The maximum absolute atomic E-state index is 12.2. The van der Waals surface area contributed by atoms with Crippen LogP contribution in [0.25, 0.3) is 11.5 Å². The van der Waals surface area contributed by atoms with E-state index in [1.165, 1.54) is 0 Å². The molecule has 6 heteroatoms. The van der Waals surface area contributed by atoms with Gasteiger partial charge in [0.15, 0.2) is 5.82 Å². The average Bonchev–Trinajstić information content (AvgIpc) is 3.16. The molecule has 0 aliphatic carbocycles. The van der Waals surface area contributed by atoms with Crippen molar-refractivity contribution in [1.29, 1.82) is 0 Å². The van der Waals surface area contributed by atoms with E-state index in [9.17, 15) is 4.79 Å². The lowest BCUT2D eigenvalue weighted by molar-refractivity contribution is -0.131. The highest BCUT2D eigenvalue weighted by atomic mass is 16.5. The van der Waals surface area contributed by atoms with Crippen molar-refractivity contribution in [2.45, 2.75) is 39.7 Å². The SMILES string of the molecule is Cc1noc(-c2ccccc2OC2CCN(C(=O)CC(C)C)C2)n1. The minimum absolute atomic E-state index is 0.00807. The number of rotatable bonds is 5. The highest BCUT2D eigenvalue weighted by Crippen LogP contribution is 2.30. The van der Waals surface area contributed by atoms with Crippen LogP contribution < -0.4 is 4.74 Å². The van der Waals surface area contributed by atoms with E-state index < -0.39 is 0 Å². The van der Waals surface area contributed by atoms with Crippen LogP contribution in [0.15, 0.2) is 28.8 Å². The first kappa shape index (κ1) is 16.5. The third-order valence-electron chi connectivity index (χ3n) is 4.02. The van der Waals surface area contributed by atoms with E-state index in [1.807, 2.05) is 29.2 Å². The normalized spacial score (nSPS) is 17.5. The van der Waals surface area contributed by atoms with Crippen molar-refractivity contribution in [2.75, 3.05) is 13.1 Å². The Morgan fingerprint density at radius 2 is 2.21 bits per heavy atom. The molecule has 3 rings (SSSR count). The molecule has 24 heavy (non-hydrogen) atoms. The number of likely N-dealkylation sites (tertiary alicyclic amines) is 1. The minimum Gasteiger partial charge on any atom is -0.488 e. The molecule has 1 fully saturated rings. The molecule has 2 aromatic rings. The summed E-state index contributed by atoms with van der Waals surface area (Å²) >= 11 is 0. The molecule has 1 saturated heterocycles. The van der Waals surface area contributed by atoms with Crippen LogP contribution in [-0.4, -0.2) is 40.1 Å². The van der Waals surface area contributed by atoms with Crippen LogP contribution in [0.3, 0.4) is 0 Å². The third-order valence-corrected chi connectivity index (χ3v) is 4.02. The summed E-state index contributed by atoms with van der Waals surface area (Å²) in [5.74, 6) is 2.33. The van der Waals surface area contributed by atoms with Crippen LogP contribution in [0.1, 0.15) is 32.5 Å². The zero-order chi connectivity index (χ0) is 17.1. The fraction of sp³-hybridized carbons (Fsp3) is 0.500. The third kappa shape index (κ3) is 3.75. The Morgan fingerprint density at radius 1 is 1.42 bits per heavy atom. The smallest absolute Gasteiger partial charge is 0.261 e. The Morgan fingerprint density at radius 3 is 2.92 bits per heavy atom. The second-order valence-electron chi connectivity index (χ2n) is 6.61. The van der Waals surface area contributed by atoms with Crippen molar-refractivity contribution in [3.8, 4) is 17.2 Å². The van der Waals surface area contributed by atoms with Gasteiger partial charge in [-0.25, -0.2) is 0 Å². The van der Waals surface area contributed by atoms with E-state index in [-0.39, 0.29) is 12.0 Å². The Bertz CT molecular complexity index is 711. The highest BCUT2D eigenvalue weighted by molar-refractivity contribution is 5.76. The quantitative estimate of drug-likeness (QED) is 0.843. The fourth-order valence-electron chi connectivity index (χ4n) is 2.86. The molecule has 2 heterocycles. The number of nitrogens with zero attached hydrogens (tertiary/aromatic N) is 3. The highest BCUT2D eigenvalue weighted by Gasteiger charge is 2.28. The van der Waals surface area contributed by atoms with Crippen LogP contribution >= 0.6 is 0 Å². The molecule has 0 spiro atoms. The van der Waals surface area contributed by atoms with Gasteiger partial charge in [0.05, 0.1) is 12.1 Å². The molecule has 128 valence electrons. The summed E-state index contributed by atoms with van der Waals surface area (Å²) < 4.78 is 11.4. The van der Waals surface area contributed by atoms with Gasteiger partial charge in [0.1, 0.15) is 11.9 Å². The van der Waals surface area contributed by atoms with Gasteiger partial charge in [-0.3, -0.25) is 4.79 Å². The van der Waals surface area contributed by atoms with Crippen molar-refractivity contribution in [1.82, 2.24) is 15.0 Å². The number of amides is 1. The second-order valence-corrected chi connectivity index (χ2v) is 6.61. The van der Waals surface area contributed by atoms with Gasteiger partial charge in [0.2, 0.25) is 5.91 Å². The first-order chi connectivity index (χ1) is 11.5. The maximum atomic E-state index is 12.2. The summed E-state index contributed by atoms with van der Waals surface area (Å²) in [6, 6.07) is 7.62. The van der Waals surface area contributed by atoms with Gasteiger partial charge in [-0.05, 0) is 25.0 Å². The van der Waals surface area contributed by atoms with Crippen LogP contribution in [0.5, 0.6) is 5.75 Å². The van der Waals surface area contributed by atoms with Crippen LogP contribution in [0, 0.1) is 12.8 Å². The Kier molecular flexibility index (Phi) is 4.83. The van der Waals surface area contributed by atoms with E-state index in [1.54, 1.807) is 6.92 Å². The largest absolute Gasteiger partial charge is 0.488 e. The minimum atomic E-state index is -0.00807. The average molecular weight is 329 g/mol. The lowest BCUT2D eigenvalue weighted by Crippen LogP contribution is -2.31. The molecule has 1 aliphatic heterocycles. The van der Waals surface area contributed by atoms with E-state index in [4.69, 9.17) is 9.26 Å². The number of aromatic nitrogens is 2. The van der Waals surface area contributed by atoms with Crippen molar-refractivity contribution < 1.29 is 14.1 Å². The van der Waals surface area contributed by atoms with Crippen molar-refractivity contribution in [3.63, 3.8) is 0 Å². The molecular formula is C18H23N3O3. The zero-order valence-electron chi connectivity index (χ0n) is 14.4. The number of ether oxygens (including phenoxy) is 1. The van der Waals surface area contributed by atoms with Crippen LogP contribution in [-0.2, 0) is 4.79 Å². The van der Waals surface area contributed by atoms with Gasteiger partial charge in [-0.1, -0.05) is 31.1 Å². The first-order valence-corrected chi connectivity index (χ1v) is 8.37. The fourth-order valence-corrected chi connectivity index (χ4v) is 2.86. The molecule has 1 aliphatic rings. The predicted octanol–water partition coefficient (Wildman–Crippen LogP) is 3.07. The molecule has 0 N–H and O–H groups in total. The molecule has 0 saturated carbocycles. The molecule has 1 aromatic heterocycles. The topological polar surface area (TPSA) is 68.5 Å². The number of para-hydroxylation sites is 1. The molecule has 0 bridgehead atoms. The molecule has 6 nitrogen and oxygen atoms in total. The molecule has 0 radical (unpaired) electrons. The zero-order valence-corrected chi connectivity index (χ0v) is 14.4. The van der Waals surface area contributed by atoms with Crippen molar-refractivity contribution in [2.24, 2.45) is 5.92 Å². The Hall–Kier alpha value is -2.37. The number of benzene rings is 1. The first-order valence-electron chi connectivity index (χ1n) is 8.37. The van der Waals surface area contributed by atoms with Gasteiger partial charge >= 0.3 is 0 Å². The van der Waals surface area contributed by atoms with Gasteiger partial charge in [0.25, 0.3) is 5.89 Å². The monoisotopic (exact) mass is 329 g/mol. The summed E-state index contributed by atoms with van der Waals surface area (Å²) in [7, 11) is 0. The second kappa shape index (κ2) is 7.03. The molecule has 1 aromatic carbocycles. The van der Waals surface area contributed by atoms with Crippen molar-refractivity contribution >= 4 is 5.91 Å². The lowest BCUT2D eigenvalue weighted by atomic mass is 10.1. The summed E-state index contributed by atoms with van der Waals surface area (Å²) in [6.45, 7) is 7.28. The number of carbonyl (C=O) groups is 1. The predicted molar refractivity (Wildman–Crippen MR) is 89.5 cm³/mol. The summed E-state index contributed by atoms with van der Waals surface area (Å²) in [4.78, 5) is 18.3. The molecule has 1 unspecified atom stereocenters.